The van der Waals surface area contributed by atoms with Crippen LogP contribution in [0.4, 0.5) is 5.69 Å². The number of nitriles is 1. The van der Waals surface area contributed by atoms with Crippen LogP contribution in [0.25, 0.3) is 0 Å². The number of anilines is 1. The Labute approximate surface area is 101 Å². The van der Waals surface area contributed by atoms with Crippen molar-refractivity contribution in [3.8, 4) is 6.07 Å². The van der Waals surface area contributed by atoms with E-state index in [9.17, 15) is 9.90 Å². The van der Waals surface area contributed by atoms with E-state index >= 15 is 0 Å². The topological polar surface area (TPSA) is 64.3 Å². The molecule has 0 aliphatic rings. The second-order valence-electron chi connectivity index (χ2n) is 4.67. The van der Waals surface area contributed by atoms with Crippen LogP contribution in [-0.4, -0.2) is 30.6 Å². The van der Waals surface area contributed by atoms with E-state index in [0.29, 0.717) is 29.6 Å². The van der Waals surface area contributed by atoms with Gasteiger partial charge in [0.15, 0.2) is 0 Å². The highest BCUT2D eigenvalue weighted by Gasteiger charge is 2.17. The number of likely N-dealkylation sites (N-methyl/N-ethyl adjacent to an activating group) is 1. The van der Waals surface area contributed by atoms with Crippen molar-refractivity contribution in [1.29, 1.82) is 5.26 Å². The molecule has 0 spiro atoms. The quantitative estimate of drug-likeness (QED) is 0.800. The summed E-state index contributed by atoms with van der Waals surface area (Å²) in [7, 11) is 1.80. The molecule has 0 saturated heterocycles. The Balaban J connectivity index is 3.06. The van der Waals surface area contributed by atoms with Crippen molar-refractivity contribution in [1.82, 2.24) is 0 Å². The van der Waals surface area contributed by atoms with Gasteiger partial charge >= 0.3 is 0 Å². The van der Waals surface area contributed by atoms with Gasteiger partial charge < -0.3 is 10.0 Å². The van der Waals surface area contributed by atoms with Crippen LogP contribution in [-0.2, 0) is 0 Å². The summed E-state index contributed by atoms with van der Waals surface area (Å²) < 4.78 is 0. The average Bonchev–Trinajstić information content (AvgIpc) is 2.25. The maximum absolute atomic E-state index is 10.6. The third kappa shape index (κ3) is 3.58. The molecule has 4 nitrogen and oxygen atoms in total. The Morgan fingerprint density at radius 3 is 2.65 bits per heavy atom. The van der Waals surface area contributed by atoms with Gasteiger partial charge in [-0.05, 0) is 32.0 Å². The normalized spacial score (nSPS) is 10.8. The van der Waals surface area contributed by atoms with Crippen LogP contribution < -0.4 is 4.90 Å². The molecule has 4 heteroatoms. The van der Waals surface area contributed by atoms with Crippen LogP contribution in [0.1, 0.15) is 29.8 Å². The van der Waals surface area contributed by atoms with Crippen LogP contribution in [0.2, 0.25) is 0 Å². The number of carbonyl (C=O) groups excluding carboxylic acids is 1. The minimum atomic E-state index is -0.842. The van der Waals surface area contributed by atoms with Gasteiger partial charge in [0.05, 0.1) is 16.9 Å². The summed E-state index contributed by atoms with van der Waals surface area (Å²) in [4.78, 5) is 12.4. The summed E-state index contributed by atoms with van der Waals surface area (Å²) >= 11 is 0. The zero-order valence-corrected chi connectivity index (χ0v) is 10.3. The molecule has 90 valence electrons. The molecule has 1 N–H and O–H groups in total. The highest BCUT2D eigenvalue weighted by atomic mass is 16.3. The summed E-state index contributed by atoms with van der Waals surface area (Å²) in [5, 5.41) is 18.8. The second-order valence-corrected chi connectivity index (χ2v) is 4.67. The maximum atomic E-state index is 10.6. The fraction of sp³-hybridized carbons (Fsp3) is 0.385. The number of aliphatic hydroxyl groups is 1. The highest BCUT2D eigenvalue weighted by molar-refractivity contribution is 5.78. The predicted octanol–water partition coefficient (Wildman–Crippen LogP) is 1.58. The maximum Gasteiger partial charge on any atom is 0.150 e. The molecule has 0 heterocycles. The molecule has 0 aliphatic carbocycles. The van der Waals surface area contributed by atoms with E-state index in [0.717, 1.165) is 0 Å². The Hall–Kier alpha value is -1.86. The fourth-order valence-electron chi connectivity index (χ4n) is 1.71. The van der Waals surface area contributed by atoms with Crippen molar-refractivity contribution in [3.63, 3.8) is 0 Å². The van der Waals surface area contributed by atoms with Gasteiger partial charge in [-0.1, -0.05) is 0 Å². The molecular formula is C13H16N2O2. The molecule has 0 aliphatic heterocycles. The third-order valence-electron chi connectivity index (χ3n) is 2.31. The first-order valence-corrected chi connectivity index (χ1v) is 5.30. The lowest BCUT2D eigenvalue weighted by atomic mass is 10.1. The SMILES string of the molecule is CN(CC(C)(C)O)c1ccc(C=O)cc1C#N. The number of hydrogen-bond acceptors (Lipinski definition) is 4. The standard InChI is InChI=1S/C13H16N2O2/c1-13(2,17)9-15(3)12-5-4-10(8-16)6-11(12)7-14/h4-6,8,17H,9H2,1-3H3. The lowest BCUT2D eigenvalue weighted by molar-refractivity contribution is 0.0886. The minimum absolute atomic E-state index is 0.405. The fourth-order valence-corrected chi connectivity index (χ4v) is 1.71. The molecule has 0 amide bonds. The zero-order valence-electron chi connectivity index (χ0n) is 10.3. The molecule has 1 aromatic carbocycles. The first kappa shape index (κ1) is 13.2. The monoisotopic (exact) mass is 232 g/mol. The molecule has 0 unspecified atom stereocenters. The van der Waals surface area contributed by atoms with Crippen molar-refractivity contribution in [2.45, 2.75) is 19.4 Å². The van der Waals surface area contributed by atoms with E-state index in [1.54, 1.807) is 44.0 Å². The first-order chi connectivity index (χ1) is 7.87. The van der Waals surface area contributed by atoms with Crippen molar-refractivity contribution in [2.75, 3.05) is 18.5 Å². The van der Waals surface area contributed by atoms with E-state index in [1.807, 2.05) is 0 Å². The van der Waals surface area contributed by atoms with Crippen molar-refractivity contribution in [3.05, 3.63) is 29.3 Å². The first-order valence-electron chi connectivity index (χ1n) is 5.30. The second kappa shape index (κ2) is 4.98. The van der Waals surface area contributed by atoms with E-state index in [1.165, 1.54) is 0 Å². The molecule has 0 aromatic heterocycles. The number of hydrogen-bond donors (Lipinski definition) is 1. The number of aldehydes is 1. The summed E-state index contributed by atoms with van der Waals surface area (Å²) in [6.45, 7) is 3.81. The van der Waals surface area contributed by atoms with Crippen LogP contribution in [0, 0.1) is 11.3 Å². The van der Waals surface area contributed by atoms with Crippen LogP contribution >= 0.6 is 0 Å². The molecule has 0 bridgehead atoms. The van der Waals surface area contributed by atoms with Gasteiger partial charge in [0.1, 0.15) is 12.4 Å². The van der Waals surface area contributed by atoms with E-state index in [4.69, 9.17) is 5.26 Å². The molecular weight excluding hydrogens is 216 g/mol. The molecule has 0 atom stereocenters. The van der Waals surface area contributed by atoms with Crippen molar-refractivity contribution in [2.24, 2.45) is 0 Å². The summed E-state index contributed by atoms with van der Waals surface area (Å²) in [5.74, 6) is 0. The molecule has 0 fully saturated rings. The number of nitrogens with zero attached hydrogens (tertiary/aromatic N) is 2. The predicted molar refractivity (Wildman–Crippen MR) is 66.1 cm³/mol. The Bertz CT molecular complexity index is 455. The zero-order chi connectivity index (χ0) is 13.1. The number of rotatable bonds is 4. The van der Waals surface area contributed by atoms with Crippen molar-refractivity contribution < 1.29 is 9.90 Å². The molecule has 1 rings (SSSR count). The summed E-state index contributed by atoms with van der Waals surface area (Å²) in [5.41, 5.74) is 0.772. The Morgan fingerprint density at radius 2 is 2.18 bits per heavy atom. The van der Waals surface area contributed by atoms with Crippen molar-refractivity contribution >= 4 is 12.0 Å². The number of carbonyl (C=O) groups is 1. The third-order valence-corrected chi connectivity index (χ3v) is 2.31. The average molecular weight is 232 g/mol. The molecule has 0 saturated carbocycles. The van der Waals surface area contributed by atoms with Gasteiger partial charge in [-0.15, -0.1) is 0 Å². The van der Waals surface area contributed by atoms with Crippen LogP contribution in [0.3, 0.4) is 0 Å². The molecule has 1 aromatic rings. The van der Waals surface area contributed by atoms with Gasteiger partial charge in [0.25, 0.3) is 0 Å². The minimum Gasteiger partial charge on any atom is -0.389 e. The van der Waals surface area contributed by atoms with E-state index < -0.39 is 5.60 Å². The molecule has 0 radical (unpaired) electrons. The smallest absolute Gasteiger partial charge is 0.150 e. The van der Waals surface area contributed by atoms with Gasteiger partial charge in [-0.2, -0.15) is 5.26 Å². The Morgan fingerprint density at radius 1 is 1.53 bits per heavy atom. The van der Waals surface area contributed by atoms with Gasteiger partial charge in [0, 0.05) is 19.2 Å². The van der Waals surface area contributed by atoms with Gasteiger partial charge in [-0.3, -0.25) is 4.79 Å². The van der Waals surface area contributed by atoms with E-state index in [-0.39, 0.29) is 0 Å². The lowest BCUT2D eigenvalue weighted by Crippen LogP contribution is -2.36. The molecule has 17 heavy (non-hydrogen) atoms. The van der Waals surface area contributed by atoms with Gasteiger partial charge in [-0.25, -0.2) is 0 Å². The van der Waals surface area contributed by atoms with E-state index in [2.05, 4.69) is 6.07 Å². The van der Waals surface area contributed by atoms with Gasteiger partial charge in [0.2, 0.25) is 0 Å². The lowest BCUT2D eigenvalue weighted by Gasteiger charge is -2.27. The summed E-state index contributed by atoms with van der Waals surface area (Å²) in [6.07, 6.45) is 0.709. The number of benzene rings is 1. The Kier molecular flexibility index (Phi) is 3.87. The highest BCUT2D eigenvalue weighted by Crippen LogP contribution is 2.21. The largest absolute Gasteiger partial charge is 0.389 e. The van der Waals surface area contributed by atoms with Crippen LogP contribution in [0.5, 0.6) is 0 Å². The van der Waals surface area contributed by atoms with Crippen LogP contribution in [0.15, 0.2) is 18.2 Å². The summed E-state index contributed by atoms with van der Waals surface area (Å²) in [6, 6.07) is 6.97.